The van der Waals surface area contributed by atoms with E-state index in [0.29, 0.717) is 17.6 Å². The van der Waals surface area contributed by atoms with Crippen LogP contribution in [0.5, 0.6) is 0 Å². The third-order valence-corrected chi connectivity index (χ3v) is 7.34. The van der Waals surface area contributed by atoms with Crippen LogP contribution in [0, 0.1) is 0 Å². The number of nitrogens with zero attached hydrogens (tertiary/aromatic N) is 5. The maximum Gasteiger partial charge on any atom is 0.232 e. The van der Waals surface area contributed by atoms with Gasteiger partial charge >= 0.3 is 0 Å². The van der Waals surface area contributed by atoms with Crippen molar-refractivity contribution in [2.75, 3.05) is 72.4 Å². The highest BCUT2D eigenvalue weighted by molar-refractivity contribution is 7.80. The second kappa shape index (κ2) is 11.9. The summed E-state index contributed by atoms with van der Waals surface area (Å²) in [6.07, 6.45) is 7.43. The summed E-state index contributed by atoms with van der Waals surface area (Å²) in [5.41, 5.74) is 1.28. The topological polar surface area (TPSA) is 68.8 Å². The average Bonchev–Trinajstić information content (AvgIpc) is 3.28. The summed E-state index contributed by atoms with van der Waals surface area (Å²) in [6, 6.07) is 12.8. The predicted octanol–water partition coefficient (Wildman–Crippen LogP) is 3.65. The lowest BCUT2D eigenvalue weighted by molar-refractivity contribution is 0.114. The van der Waals surface area contributed by atoms with Gasteiger partial charge < -0.3 is 30.1 Å². The zero-order valence-corrected chi connectivity index (χ0v) is 21.3. The normalized spacial score (nSPS) is 21.0. The van der Waals surface area contributed by atoms with Crippen molar-refractivity contribution in [1.82, 2.24) is 15.3 Å². The van der Waals surface area contributed by atoms with E-state index in [-0.39, 0.29) is 6.10 Å². The van der Waals surface area contributed by atoms with Gasteiger partial charge in [0.1, 0.15) is 11.6 Å². The van der Waals surface area contributed by atoms with Gasteiger partial charge in [0.2, 0.25) is 5.95 Å². The van der Waals surface area contributed by atoms with E-state index >= 15 is 0 Å². The average molecular weight is 496 g/mol. The maximum atomic E-state index is 5.70. The van der Waals surface area contributed by atoms with E-state index in [9.17, 15) is 0 Å². The summed E-state index contributed by atoms with van der Waals surface area (Å²) >= 11 is 5.57. The number of hydrogen-bond acceptors (Lipinski definition) is 7. The van der Waals surface area contributed by atoms with Crippen LogP contribution in [0.1, 0.15) is 38.5 Å². The van der Waals surface area contributed by atoms with Crippen LogP contribution in [0.25, 0.3) is 0 Å². The fraction of sp³-hybridized carbons (Fsp3) is 0.577. The molecule has 1 aromatic heterocycles. The number of benzene rings is 1. The molecule has 9 heteroatoms. The molecule has 0 amide bonds. The third kappa shape index (κ3) is 6.52. The fourth-order valence-corrected chi connectivity index (χ4v) is 5.27. The van der Waals surface area contributed by atoms with E-state index < -0.39 is 0 Å². The van der Waals surface area contributed by atoms with Gasteiger partial charge in [0.25, 0.3) is 0 Å². The number of anilines is 4. The molecule has 3 fully saturated rings. The molecule has 188 valence electrons. The Kier molecular flexibility index (Phi) is 8.15. The molecule has 0 spiro atoms. The molecule has 0 bridgehead atoms. The molecule has 3 saturated heterocycles. The Hall–Kier alpha value is -2.65. The van der Waals surface area contributed by atoms with Crippen LogP contribution in [0.2, 0.25) is 0 Å². The second-order valence-electron chi connectivity index (χ2n) is 9.59. The van der Waals surface area contributed by atoms with Gasteiger partial charge in [0.15, 0.2) is 5.11 Å². The first-order valence-electron chi connectivity index (χ1n) is 13.1. The Morgan fingerprint density at radius 1 is 0.857 bits per heavy atom. The number of para-hydroxylation sites is 1. The lowest BCUT2D eigenvalue weighted by atomic mass is 10.2. The number of ether oxygens (including phenoxy) is 1. The van der Waals surface area contributed by atoms with Crippen molar-refractivity contribution in [1.29, 1.82) is 0 Å². The summed E-state index contributed by atoms with van der Waals surface area (Å²) in [4.78, 5) is 17.0. The molecule has 1 atom stereocenters. The van der Waals surface area contributed by atoms with Crippen molar-refractivity contribution in [3.8, 4) is 0 Å². The van der Waals surface area contributed by atoms with E-state index in [0.717, 1.165) is 70.4 Å². The van der Waals surface area contributed by atoms with Crippen LogP contribution in [0.3, 0.4) is 0 Å². The van der Waals surface area contributed by atoms with E-state index in [1.807, 2.05) is 0 Å². The molecule has 1 aromatic carbocycles. The first-order chi connectivity index (χ1) is 17.2. The summed E-state index contributed by atoms with van der Waals surface area (Å²) in [5.74, 6) is 2.53. The molecule has 4 heterocycles. The summed E-state index contributed by atoms with van der Waals surface area (Å²) in [5, 5.41) is 7.09. The molecule has 5 rings (SSSR count). The van der Waals surface area contributed by atoms with Crippen molar-refractivity contribution in [3.63, 3.8) is 0 Å². The molecule has 0 unspecified atom stereocenters. The predicted molar refractivity (Wildman–Crippen MR) is 147 cm³/mol. The SMILES string of the molecule is S=C(NC[C@@H]1CCCO1)Nc1nc(N2CCCCCC2)cc(N2CCN(c3ccccc3)CC2)n1. The van der Waals surface area contributed by atoms with Crippen molar-refractivity contribution in [3.05, 3.63) is 36.4 Å². The number of thiocarbonyl (C=S) groups is 1. The zero-order chi connectivity index (χ0) is 23.9. The van der Waals surface area contributed by atoms with Crippen LogP contribution in [0.15, 0.2) is 36.4 Å². The molecular weight excluding hydrogens is 458 g/mol. The Morgan fingerprint density at radius 2 is 1.51 bits per heavy atom. The monoisotopic (exact) mass is 495 g/mol. The van der Waals surface area contributed by atoms with Gasteiger partial charge in [0, 0.05) is 64.2 Å². The molecule has 8 nitrogen and oxygen atoms in total. The second-order valence-corrected chi connectivity index (χ2v) is 10.00. The van der Waals surface area contributed by atoms with E-state index in [2.05, 4.69) is 61.7 Å². The van der Waals surface area contributed by atoms with Gasteiger partial charge in [-0.1, -0.05) is 31.0 Å². The lowest BCUT2D eigenvalue weighted by Gasteiger charge is -2.37. The lowest BCUT2D eigenvalue weighted by Crippen LogP contribution is -2.47. The Balaban J connectivity index is 1.29. The van der Waals surface area contributed by atoms with Crippen LogP contribution in [-0.4, -0.2) is 73.6 Å². The number of aromatic nitrogens is 2. The largest absolute Gasteiger partial charge is 0.376 e. The molecule has 3 aliphatic rings. The highest BCUT2D eigenvalue weighted by Crippen LogP contribution is 2.26. The van der Waals surface area contributed by atoms with E-state index in [1.165, 1.54) is 31.4 Å². The van der Waals surface area contributed by atoms with Gasteiger partial charge in [-0.3, -0.25) is 0 Å². The molecule has 2 N–H and O–H groups in total. The van der Waals surface area contributed by atoms with Crippen molar-refractivity contribution < 1.29 is 4.74 Å². The number of rotatable bonds is 6. The minimum atomic E-state index is 0.232. The molecule has 3 aliphatic heterocycles. The molecule has 0 radical (unpaired) electrons. The van der Waals surface area contributed by atoms with Crippen molar-refractivity contribution >= 4 is 40.6 Å². The van der Waals surface area contributed by atoms with Crippen LogP contribution in [0.4, 0.5) is 23.3 Å². The molecule has 0 aliphatic carbocycles. The minimum Gasteiger partial charge on any atom is -0.376 e. The fourth-order valence-electron chi connectivity index (χ4n) is 5.09. The van der Waals surface area contributed by atoms with Gasteiger partial charge in [-0.2, -0.15) is 9.97 Å². The molecule has 0 saturated carbocycles. The third-order valence-electron chi connectivity index (χ3n) is 7.09. The van der Waals surface area contributed by atoms with Crippen LogP contribution >= 0.6 is 12.2 Å². The van der Waals surface area contributed by atoms with Gasteiger partial charge in [-0.15, -0.1) is 0 Å². The van der Waals surface area contributed by atoms with E-state index in [4.69, 9.17) is 26.9 Å². The molecular formula is C26H37N7OS. The number of nitrogens with one attached hydrogen (secondary N) is 2. The van der Waals surface area contributed by atoms with Gasteiger partial charge in [0.05, 0.1) is 6.10 Å². The molecule has 2 aromatic rings. The Labute approximate surface area is 214 Å². The van der Waals surface area contributed by atoms with Crippen LogP contribution in [-0.2, 0) is 4.74 Å². The maximum absolute atomic E-state index is 5.70. The highest BCUT2D eigenvalue weighted by Gasteiger charge is 2.22. The Bertz CT molecular complexity index is 953. The minimum absolute atomic E-state index is 0.232. The first kappa shape index (κ1) is 24.1. The summed E-state index contributed by atoms with van der Waals surface area (Å²) in [6.45, 7) is 7.42. The van der Waals surface area contributed by atoms with Crippen LogP contribution < -0.4 is 25.3 Å². The summed E-state index contributed by atoms with van der Waals surface area (Å²) < 4.78 is 5.70. The standard InChI is InChI=1S/C26H37N7OS/c35-26(27-20-22-11-8-18-34-22)30-25-28-23(32-12-6-1-2-7-13-32)19-24(29-25)33-16-14-31(15-17-33)21-9-4-3-5-10-21/h3-5,9-10,19,22H,1-2,6-8,11-18,20H2,(H2,27,28,29,30,35)/t22-/m0/s1. The first-order valence-corrected chi connectivity index (χ1v) is 13.5. The quantitative estimate of drug-likeness (QED) is 0.585. The van der Waals surface area contributed by atoms with Crippen molar-refractivity contribution in [2.45, 2.75) is 44.6 Å². The van der Waals surface area contributed by atoms with E-state index in [1.54, 1.807) is 0 Å². The number of piperazine rings is 1. The number of hydrogen-bond donors (Lipinski definition) is 2. The van der Waals surface area contributed by atoms with Crippen molar-refractivity contribution in [2.24, 2.45) is 0 Å². The Morgan fingerprint density at radius 3 is 2.17 bits per heavy atom. The summed E-state index contributed by atoms with van der Waals surface area (Å²) in [7, 11) is 0. The highest BCUT2D eigenvalue weighted by atomic mass is 32.1. The smallest absolute Gasteiger partial charge is 0.232 e. The zero-order valence-electron chi connectivity index (χ0n) is 20.5. The molecule has 35 heavy (non-hydrogen) atoms. The van der Waals surface area contributed by atoms with Gasteiger partial charge in [-0.25, -0.2) is 0 Å². The van der Waals surface area contributed by atoms with Gasteiger partial charge in [-0.05, 0) is 50.0 Å².